The first-order valence-electron chi connectivity index (χ1n) is 17.5. The van der Waals surface area contributed by atoms with Gasteiger partial charge in [0.1, 0.15) is 29.4 Å². The molecule has 2 aliphatic heterocycles. The number of methoxy groups -OCH3 is 2. The van der Waals surface area contributed by atoms with Crippen LogP contribution in [0.15, 0.2) is 36.7 Å². The van der Waals surface area contributed by atoms with Crippen LogP contribution in [0.1, 0.15) is 88.4 Å². The molecule has 4 heterocycles. The summed E-state index contributed by atoms with van der Waals surface area (Å²) in [6.45, 7) is 8.68. The summed E-state index contributed by atoms with van der Waals surface area (Å²) in [5.74, 6) is 12.6. The average molecular weight is 711 g/mol. The number of amides is 4. The summed E-state index contributed by atoms with van der Waals surface area (Å²) in [5.41, 5.74) is 3.11. The number of aromatic amines is 2. The largest absolute Gasteiger partial charge is 0.453 e. The summed E-state index contributed by atoms with van der Waals surface area (Å²) in [7, 11) is 2.55. The van der Waals surface area contributed by atoms with E-state index in [4.69, 9.17) is 9.47 Å². The second-order valence-corrected chi connectivity index (χ2v) is 13.5. The summed E-state index contributed by atoms with van der Waals surface area (Å²) >= 11 is 0. The van der Waals surface area contributed by atoms with E-state index in [1.165, 1.54) is 14.2 Å². The summed E-state index contributed by atoms with van der Waals surface area (Å²) in [6, 6.07) is 5.84. The maximum atomic E-state index is 13.4. The van der Waals surface area contributed by atoms with E-state index in [9.17, 15) is 19.2 Å². The van der Waals surface area contributed by atoms with Gasteiger partial charge in [0.2, 0.25) is 11.8 Å². The molecule has 3 aromatic rings. The van der Waals surface area contributed by atoms with Gasteiger partial charge in [0.25, 0.3) is 0 Å². The first kappa shape index (κ1) is 37.5. The number of nitrogens with one attached hydrogen (secondary N) is 4. The van der Waals surface area contributed by atoms with Crippen molar-refractivity contribution >= 4 is 24.0 Å². The standard InChI is InChI=1S/C38H46N8O6/c1-23(2)31(43-37(49)51-5)35(47)45-19-9-13-29(45)33-39-21-27(41-33)12-8-7-11-25-15-17-26(18-16-25)28-22-40-34(42-28)30-14-10-20-46(30)36(48)32(24(3)4)44-38(50)52-6/h15-18,21-24,29-32H,9-10,13-14,19-20H2,1-6H3,(H,39,41)(H,40,42)(H,43,49)(H,44,50)/t29-,30+,31-,32-/m0/s1. The molecule has 2 fully saturated rings. The van der Waals surface area contributed by atoms with Crippen molar-refractivity contribution in [2.75, 3.05) is 27.3 Å². The molecular weight excluding hydrogens is 664 g/mol. The van der Waals surface area contributed by atoms with Crippen LogP contribution in [0.2, 0.25) is 0 Å². The van der Waals surface area contributed by atoms with Crippen LogP contribution in [-0.4, -0.2) is 93.1 Å². The van der Waals surface area contributed by atoms with Crippen LogP contribution in [0.4, 0.5) is 9.59 Å². The zero-order valence-corrected chi connectivity index (χ0v) is 30.4. The topological polar surface area (TPSA) is 175 Å². The summed E-state index contributed by atoms with van der Waals surface area (Å²) in [6.07, 6.45) is 5.30. The molecule has 0 saturated carbocycles. The number of alkyl carbamates (subject to hydrolysis) is 2. The fraction of sp³-hybridized carbons (Fsp3) is 0.474. The minimum atomic E-state index is -0.703. The predicted molar refractivity (Wildman–Crippen MR) is 192 cm³/mol. The molecule has 0 bridgehead atoms. The molecule has 0 aliphatic carbocycles. The predicted octanol–water partition coefficient (Wildman–Crippen LogP) is 4.29. The molecule has 2 saturated heterocycles. The van der Waals surface area contributed by atoms with Gasteiger partial charge in [-0.3, -0.25) is 9.59 Å². The third kappa shape index (κ3) is 8.75. The lowest BCUT2D eigenvalue weighted by atomic mass is 10.0. The van der Waals surface area contributed by atoms with E-state index >= 15 is 0 Å². The smallest absolute Gasteiger partial charge is 0.407 e. The Kier molecular flexibility index (Phi) is 12.2. The minimum absolute atomic E-state index is 0.111. The van der Waals surface area contributed by atoms with Crippen LogP contribution in [0.5, 0.6) is 0 Å². The van der Waals surface area contributed by atoms with Gasteiger partial charge in [-0.25, -0.2) is 19.6 Å². The first-order chi connectivity index (χ1) is 25.0. The van der Waals surface area contributed by atoms with Crippen molar-refractivity contribution in [3.8, 4) is 34.9 Å². The molecule has 4 atom stereocenters. The Labute approximate surface area is 303 Å². The van der Waals surface area contributed by atoms with Crippen LogP contribution < -0.4 is 10.6 Å². The van der Waals surface area contributed by atoms with Crippen molar-refractivity contribution in [2.24, 2.45) is 11.8 Å². The molecular formula is C38H46N8O6. The third-order valence-electron chi connectivity index (χ3n) is 9.34. The van der Waals surface area contributed by atoms with Gasteiger partial charge in [-0.1, -0.05) is 45.7 Å². The number of nitrogens with zero attached hydrogens (tertiary/aromatic N) is 4. The first-order valence-corrected chi connectivity index (χ1v) is 17.5. The number of ether oxygens (including phenoxy) is 2. The molecule has 1 aromatic carbocycles. The fourth-order valence-electron chi connectivity index (χ4n) is 6.54. The maximum absolute atomic E-state index is 13.4. The van der Waals surface area contributed by atoms with Gasteiger partial charge in [-0.2, -0.15) is 0 Å². The molecule has 52 heavy (non-hydrogen) atoms. The van der Waals surface area contributed by atoms with Crippen molar-refractivity contribution in [3.05, 3.63) is 59.6 Å². The van der Waals surface area contributed by atoms with Crippen molar-refractivity contribution in [1.82, 2.24) is 40.4 Å². The monoisotopic (exact) mass is 710 g/mol. The number of imidazole rings is 2. The number of carbonyl (C=O) groups is 4. The molecule has 4 amide bonds. The lowest BCUT2D eigenvalue weighted by Gasteiger charge is -2.30. The number of carbonyl (C=O) groups excluding carboxylic acids is 4. The Hall–Kier alpha value is -5.76. The maximum Gasteiger partial charge on any atom is 0.407 e. The molecule has 0 unspecified atom stereocenters. The number of H-pyrrole nitrogens is 2. The van der Waals surface area contributed by atoms with E-state index in [1.54, 1.807) is 22.2 Å². The third-order valence-corrected chi connectivity index (χ3v) is 9.34. The molecule has 2 aromatic heterocycles. The quantitative estimate of drug-likeness (QED) is 0.238. The average Bonchev–Trinajstić information content (AvgIpc) is 3.97. The van der Waals surface area contributed by atoms with Crippen LogP contribution >= 0.6 is 0 Å². The second-order valence-electron chi connectivity index (χ2n) is 13.5. The molecule has 14 nitrogen and oxygen atoms in total. The highest BCUT2D eigenvalue weighted by molar-refractivity contribution is 5.87. The molecule has 274 valence electrons. The molecule has 2 aliphatic rings. The lowest BCUT2D eigenvalue weighted by Crippen LogP contribution is -2.51. The zero-order chi connectivity index (χ0) is 37.4. The van der Waals surface area contributed by atoms with Gasteiger partial charge < -0.3 is 39.9 Å². The van der Waals surface area contributed by atoms with Gasteiger partial charge in [-0.05, 0) is 73.0 Å². The Morgan fingerprint density at radius 2 is 1.25 bits per heavy atom. The van der Waals surface area contributed by atoms with Gasteiger partial charge in [-0.15, -0.1) is 0 Å². The van der Waals surface area contributed by atoms with Gasteiger partial charge in [0.05, 0.1) is 44.4 Å². The Bertz CT molecular complexity index is 1880. The SMILES string of the molecule is COC(=O)N[C@H](C(=O)N1CCC[C@@H]1c1ncc(-c2ccc(C#CC#Cc3cnc([C@@H]4CCCN4C(=O)[C@@H](NC(=O)OC)C(C)C)[nH]3)cc2)[nH]1)C(C)C. The number of hydrogen-bond donors (Lipinski definition) is 4. The highest BCUT2D eigenvalue weighted by Gasteiger charge is 2.38. The van der Waals surface area contributed by atoms with E-state index in [-0.39, 0.29) is 35.7 Å². The van der Waals surface area contributed by atoms with E-state index in [0.717, 1.165) is 42.5 Å². The Morgan fingerprint density at radius 3 is 1.77 bits per heavy atom. The van der Waals surface area contributed by atoms with Crippen LogP contribution in [0, 0.1) is 35.5 Å². The van der Waals surface area contributed by atoms with Crippen LogP contribution in [-0.2, 0) is 19.1 Å². The number of likely N-dealkylation sites (tertiary alicyclic amines) is 2. The second kappa shape index (κ2) is 17.0. The van der Waals surface area contributed by atoms with Crippen molar-refractivity contribution < 1.29 is 28.7 Å². The Balaban J connectivity index is 1.20. The summed E-state index contributed by atoms with van der Waals surface area (Å²) < 4.78 is 9.44. The molecule has 0 radical (unpaired) electrons. The van der Waals surface area contributed by atoms with Gasteiger partial charge in [0, 0.05) is 18.7 Å². The number of rotatable bonds is 9. The van der Waals surface area contributed by atoms with E-state index < -0.39 is 24.3 Å². The molecule has 14 heteroatoms. The van der Waals surface area contributed by atoms with Crippen molar-refractivity contribution in [3.63, 3.8) is 0 Å². The normalized spacial score (nSPS) is 17.8. The lowest BCUT2D eigenvalue weighted by molar-refractivity contribution is -0.136. The van der Waals surface area contributed by atoms with Crippen molar-refractivity contribution in [1.29, 1.82) is 0 Å². The highest BCUT2D eigenvalue weighted by Crippen LogP contribution is 2.33. The van der Waals surface area contributed by atoms with E-state index in [1.807, 2.05) is 52.0 Å². The fourth-order valence-corrected chi connectivity index (χ4v) is 6.54. The van der Waals surface area contributed by atoms with Gasteiger partial charge >= 0.3 is 12.2 Å². The molecule has 5 rings (SSSR count). The number of benzene rings is 1. The zero-order valence-electron chi connectivity index (χ0n) is 30.4. The minimum Gasteiger partial charge on any atom is -0.453 e. The summed E-state index contributed by atoms with van der Waals surface area (Å²) in [4.78, 5) is 69.8. The van der Waals surface area contributed by atoms with Crippen molar-refractivity contribution in [2.45, 2.75) is 77.5 Å². The van der Waals surface area contributed by atoms with E-state index in [2.05, 4.69) is 54.3 Å². The summed E-state index contributed by atoms with van der Waals surface area (Å²) in [5, 5.41) is 5.33. The highest BCUT2D eigenvalue weighted by atomic mass is 16.5. The number of aromatic nitrogens is 4. The number of hydrogen-bond acceptors (Lipinski definition) is 8. The van der Waals surface area contributed by atoms with E-state index in [0.29, 0.717) is 30.4 Å². The van der Waals surface area contributed by atoms with Crippen LogP contribution in [0.25, 0.3) is 11.3 Å². The van der Waals surface area contributed by atoms with Crippen LogP contribution in [0.3, 0.4) is 0 Å². The Morgan fingerprint density at radius 1 is 0.750 bits per heavy atom. The van der Waals surface area contributed by atoms with Gasteiger partial charge in [0.15, 0.2) is 0 Å². The molecule has 0 spiro atoms. The molecule has 4 N–H and O–H groups in total.